The number of amides is 1. The maximum atomic E-state index is 12.6. The van der Waals surface area contributed by atoms with Gasteiger partial charge in [-0.3, -0.25) is 9.59 Å². The van der Waals surface area contributed by atoms with E-state index in [4.69, 9.17) is 0 Å². The second kappa shape index (κ2) is 5.03. The molecule has 2 aliphatic rings. The predicted octanol–water partition coefficient (Wildman–Crippen LogP) is 2.59. The minimum absolute atomic E-state index is 0.214. The van der Waals surface area contributed by atoms with E-state index < -0.39 is 11.5 Å². The third-order valence-corrected chi connectivity index (χ3v) is 4.83. The molecule has 1 heterocycles. The Morgan fingerprint density at radius 3 is 2.78 bits per heavy atom. The molecule has 1 amide bonds. The summed E-state index contributed by atoms with van der Waals surface area (Å²) in [5.41, 5.74) is 2.33. The van der Waals surface area contributed by atoms with Gasteiger partial charge in [0.2, 0.25) is 0 Å². The molecule has 0 saturated carbocycles. The van der Waals surface area contributed by atoms with Crippen LogP contribution in [0.4, 0.5) is 5.69 Å². The lowest BCUT2D eigenvalue weighted by Crippen LogP contribution is -2.36. The van der Waals surface area contributed by atoms with E-state index in [9.17, 15) is 14.7 Å². The molecule has 1 aliphatic heterocycles. The number of rotatable bonds is 3. The Morgan fingerprint density at radius 2 is 1.91 bits per heavy atom. The fraction of sp³-hybridized carbons (Fsp3) is 0.263. The van der Waals surface area contributed by atoms with Crippen molar-refractivity contribution in [3.63, 3.8) is 0 Å². The number of carbonyl (C=O) groups excluding carboxylic acids is 2. The van der Waals surface area contributed by atoms with Crippen molar-refractivity contribution in [1.82, 2.24) is 0 Å². The Hall–Kier alpha value is -2.46. The first-order chi connectivity index (χ1) is 11.1. The zero-order chi connectivity index (χ0) is 16.0. The smallest absolute Gasteiger partial charge is 0.261 e. The Labute approximate surface area is 134 Å². The summed E-state index contributed by atoms with van der Waals surface area (Å²) in [4.78, 5) is 24.8. The maximum Gasteiger partial charge on any atom is 0.261 e. The van der Waals surface area contributed by atoms with Crippen LogP contribution in [-0.4, -0.2) is 16.8 Å². The van der Waals surface area contributed by atoms with E-state index in [1.807, 2.05) is 12.1 Å². The number of benzene rings is 2. The number of aryl methyl sites for hydroxylation is 2. The van der Waals surface area contributed by atoms with Gasteiger partial charge in [-0.05, 0) is 42.5 Å². The summed E-state index contributed by atoms with van der Waals surface area (Å²) < 4.78 is 0. The van der Waals surface area contributed by atoms with Crippen molar-refractivity contribution in [3.8, 4) is 0 Å². The highest BCUT2D eigenvalue weighted by Gasteiger charge is 2.46. The number of para-hydroxylation sites is 1. The van der Waals surface area contributed by atoms with Crippen molar-refractivity contribution >= 4 is 17.4 Å². The van der Waals surface area contributed by atoms with Crippen LogP contribution in [-0.2, 0) is 23.2 Å². The van der Waals surface area contributed by atoms with Gasteiger partial charge in [0.15, 0.2) is 11.4 Å². The van der Waals surface area contributed by atoms with Crippen LogP contribution < -0.4 is 5.32 Å². The van der Waals surface area contributed by atoms with Crippen molar-refractivity contribution in [2.45, 2.75) is 31.3 Å². The molecule has 4 nitrogen and oxygen atoms in total. The third-order valence-electron chi connectivity index (χ3n) is 4.83. The van der Waals surface area contributed by atoms with Gasteiger partial charge in [-0.1, -0.05) is 30.3 Å². The average Bonchev–Trinajstić information content (AvgIpc) is 3.11. The van der Waals surface area contributed by atoms with Gasteiger partial charge in [-0.25, -0.2) is 0 Å². The SMILES string of the molecule is O=C(CC1(O)C(=O)Nc2ccccc21)c1ccc2c(c1)CCC2. The van der Waals surface area contributed by atoms with E-state index in [2.05, 4.69) is 5.32 Å². The molecule has 0 saturated heterocycles. The largest absolute Gasteiger partial charge is 0.375 e. The molecule has 0 spiro atoms. The van der Waals surface area contributed by atoms with Crippen molar-refractivity contribution in [2.24, 2.45) is 0 Å². The van der Waals surface area contributed by atoms with Crippen molar-refractivity contribution in [3.05, 3.63) is 64.7 Å². The van der Waals surface area contributed by atoms with Crippen LogP contribution >= 0.6 is 0 Å². The number of fused-ring (bicyclic) bond motifs is 2. The third kappa shape index (κ3) is 2.18. The first kappa shape index (κ1) is 14.2. The number of anilines is 1. The van der Waals surface area contributed by atoms with Crippen molar-refractivity contribution < 1.29 is 14.7 Å². The number of Topliss-reactive ketones (excluding diaryl/α,β-unsaturated/α-hetero) is 1. The molecule has 0 fully saturated rings. The van der Waals surface area contributed by atoms with Crippen molar-refractivity contribution in [2.75, 3.05) is 5.32 Å². The molecule has 23 heavy (non-hydrogen) atoms. The molecule has 1 unspecified atom stereocenters. The molecule has 116 valence electrons. The number of hydrogen-bond donors (Lipinski definition) is 2. The van der Waals surface area contributed by atoms with E-state index in [-0.39, 0.29) is 12.2 Å². The molecule has 1 aliphatic carbocycles. The minimum Gasteiger partial charge on any atom is -0.375 e. The topological polar surface area (TPSA) is 66.4 Å². The van der Waals surface area contributed by atoms with Gasteiger partial charge >= 0.3 is 0 Å². The van der Waals surface area contributed by atoms with E-state index in [0.717, 1.165) is 19.3 Å². The summed E-state index contributed by atoms with van der Waals surface area (Å²) in [5.74, 6) is -0.748. The Balaban J connectivity index is 1.65. The highest BCUT2D eigenvalue weighted by atomic mass is 16.3. The zero-order valence-corrected chi connectivity index (χ0v) is 12.6. The lowest BCUT2D eigenvalue weighted by atomic mass is 9.87. The number of hydrogen-bond acceptors (Lipinski definition) is 3. The second-order valence-electron chi connectivity index (χ2n) is 6.30. The molecule has 0 bridgehead atoms. The van der Waals surface area contributed by atoms with Crippen LogP contribution in [0.5, 0.6) is 0 Å². The molecule has 2 N–H and O–H groups in total. The van der Waals surface area contributed by atoms with Crippen molar-refractivity contribution in [1.29, 1.82) is 0 Å². The monoisotopic (exact) mass is 307 g/mol. The number of ketones is 1. The van der Waals surface area contributed by atoms with E-state index in [1.54, 1.807) is 30.3 Å². The Morgan fingerprint density at radius 1 is 1.13 bits per heavy atom. The number of carbonyl (C=O) groups is 2. The summed E-state index contributed by atoms with van der Waals surface area (Å²) in [6.07, 6.45) is 2.93. The first-order valence-electron chi connectivity index (χ1n) is 7.86. The van der Waals surface area contributed by atoms with Gasteiger partial charge in [-0.15, -0.1) is 0 Å². The molecule has 2 aromatic rings. The summed E-state index contributed by atoms with van der Waals surface area (Å²) in [5, 5.41) is 13.4. The quantitative estimate of drug-likeness (QED) is 0.857. The van der Waals surface area contributed by atoms with Crippen LogP contribution in [0, 0.1) is 0 Å². The molecule has 0 radical (unpaired) electrons. The number of nitrogens with one attached hydrogen (secondary N) is 1. The fourth-order valence-electron chi connectivity index (χ4n) is 3.56. The predicted molar refractivity (Wildman–Crippen MR) is 86.4 cm³/mol. The van der Waals surface area contributed by atoms with E-state index in [1.165, 1.54) is 11.1 Å². The fourth-order valence-corrected chi connectivity index (χ4v) is 3.56. The summed E-state index contributed by atoms with van der Waals surface area (Å²) >= 11 is 0. The molecular weight excluding hydrogens is 290 g/mol. The van der Waals surface area contributed by atoms with Gasteiger partial charge in [0.1, 0.15) is 0 Å². The second-order valence-corrected chi connectivity index (χ2v) is 6.30. The molecule has 1 atom stereocenters. The van der Waals surface area contributed by atoms with E-state index >= 15 is 0 Å². The van der Waals surface area contributed by atoms with Gasteiger partial charge in [0, 0.05) is 16.8 Å². The normalized spacial score (nSPS) is 21.7. The van der Waals surface area contributed by atoms with Crippen LogP contribution in [0.1, 0.15) is 39.9 Å². The maximum absolute atomic E-state index is 12.6. The zero-order valence-electron chi connectivity index (χ0n) is 12.6. The molecule has 0 aromatic heterocycles. The lowest BCUT2D eigenvalue weighted by molar-refractivity contribution is -0.133. The molecular formula is C19H17NO3. The Bertz CT molecular complexity index is 827. The minimum atomic E-state index is -1.79. The van der Waals surface area contributed by atoms with Gasteiger partial charge < -0.3 is 10.4 Å². The summed E-state index contributed by atoms with van der Waals surface area (Å²) in [6, 6.07) is 12.6. The first-order valence-corrected chi connectivity index (χ1v) is 7.86. The van der Waals surface area contributed by atoms with Gasteiger partial charge in [0.05, 0.1) is 6.42 Å². The van der Waals surface area contributed by atoms with Crippen LogP contribution in [0.2, 0.25) is 0 Å². The standard InChI is InChI=1S/C19H17NO3/c21-17(14-9-8-12-4-3-5-13(12)10-14)11-19(23)15-6-1-2-7-16(15)20-18(19)22/h1-2,6-10,23H,3-5,11H2,(H,20,22). The summed E-state index contributed by atoms with van der Waals surface area (Å²) in [6.45, 7) is 0. The summed E-state index contributed by atoms with van der Waals surface area (Å²) in [7, 11) is 0. The molecule has 4 rings (SSSR count). The molecule has 4 heteroatoms. The molecule has 2 aromatic carbocycles. The van der Waals surface area contributed by atoms with Crippen LogP contribution in [0.15, 0.2) is 42.5 Å². The highest BCUT2D eigenvalue weighted by molar-refractivity contribution is 6.09. The van der Waals surface area contributed by atoms with Gasteiger partial charge in [-0.2, -0.15) is 0 Å². The average molecular weight is 307 g/mol. The lowest BCUT2D eigenvalue weighted by Gasteiger charge is -2.20. The van der Waals surface area contributed by atoms with Crippen LogP contribution in [0.25, 0.3) is 0 Å². The number of aliphatic hydroxyl groups is 1. The Kier molecular flexibility index (Phi) is 3.10. The van der Waals surface area contributed by atoms with Gasteiger partial charge in [0.25, 0.3) is 5.91 Å². The van der Waals surface area contributed by atoms with Crippen LogP contribution in [0.3, 0.4) is 0 Å². The highest BCUT2D eigenvalue weighted by Crippen LogP contribution is 2.39. The van der Waals surface area contributed by atoms with E-state index in [0.29, 0.717) is 16.8 Å².